The molecule has 5 rings (SSSR count). The third-order valence-electron chi connectivity index (χ3n) is 5.98. The molecule has 0 saturated heterocycles. The van der Waals surface area contributed by atoms with Gasteiger partial charge < -0.3 is 20.1 Å². The molecule has 2 N–H and O–H groups in total. The van der Waals surface area contributed by atoms with Crippen LogP contribution in [-0.4, -0.2) is 57.9 Å². The van der Waals surface area contributed by atoms with Gasteiger partial charge >= 0.3 is 0 Å². The maximum absolute atomic E-state index is 12.3. The Morgan fingerprint density at radius 3 is 2.74 bits per heavy atom. The Hall–Kier alpha value is -4.73. The molecule has 0 unspecified atom stereocenters. The van der Waals surface area contributed by atoms with Crippen LogP contribution in [0.15, 0.2) is 66.9 Å². The van der Waals surface area contributed by atoms with Gasteiger partial charge in [0.15, 0.2) is 23.9 Å². The normalized spacial score (nSPS) is 12.4. The van der Waals surface area contributed by atoms with Gasteiger partial charge in [0.2, 0.25) is 0 Å². The number of aromatic nitrogens is 4. The lowest BCUT2D eigenvalue weighted by Crippen LogP contribution is -2.35. The number of nitrogens with one attached hydrogen (secondary N) is 2. The summed E-state index contributed by atoms with van der Waals surface area (Å²) < 4.78 is 13.2. The fourth-order valence-electron chi connectivity index (χ4n) is 4.12. The van der Waals surface area contributed by atoms with Crippen molar-refractivity contribution >= 4 is 11.8 Å². The Balaban J connectivity index is 1.26. The number of nitrogens with zero attached hydrogens (tertiary/aromatic N) is 4. The molecule has 2 amide bonds. The van der Waals surface area contributed by atoms with E-state index in [0.717, 1.165) is 17.5 Å². The summed E-state index contributed by atoms with van der Waals surface area (Å²) in [6.07, 6.45) is 2.40. The summed E-state index contributed by atoms with van der Waals surface area (Å²) >= 11 is 0. The number of ether oxygens (including phenoxy) is 2. The SMILES string of the molecule is CCOc1cc(-c2nccc(-c3cc4n(n3)CCNC4=O)n2)ccc1OCC(=O)NCCc1ccccc1. The second-order valence-corrected chi connectivity index (χ2v) is 8.63. The lowest BCUT2D eigenvalue weighted by Gasteiger charge is -2.13. The second-order valence-electron chi connectivity index (χ2n) is 8.63. The Bertz CT molecular complexity index is 1440. The van der Waals surface area contributed by atoms with Crippen LogP contribution in [-0.2, 0) is 17.8 Å². The molecule has 38 heavy (non-hydrogen) atoms. The number of hydrogen-bond donors (Lipinski definition) is 2. The third kappa shape index (κ3) is 5.80. The first-order valence-electron chi connectivity index (χ1n) is 12.5. The minimum Gasteiger partial charge on any atom is -0.490 e. The van der Waals surface area contributed by atoms with Crippen LogP contribution < -0.4 is 20.1 Å². The lowest BCUT2D eigenvalue weighted by atomic mass is 10.1. The molecule has 194 valence electrons. The van der Waals surface area contributed by atoms with E-state index in [4.69, 9.17) is 9.47 Å². The topological polar surface area (TPSA) is 120 Å². The van der Waals surface area contributed by atoms with Crippen LogP contribution in [0.1, 0.15) is 23.0 Å². The van der Waals surface area contributed by atoms with E-state index in [-0.39, 0.29) is 18.4 Å². The third-order valence-corrected chi connectivity index (χ3v) is 5.98. The van der Waals surface area contributed by atoms with E-state index in [1.54, 1.807) is 35.1 Å². The van der Waals surface area contributed by atoms with Crippen LogP contribution in [0, 0.1) is 0 Å². The number of fused-ring (bicyclic) bond motifs is 1. The standard InChI is InChI=1S/C28H28N6O4/c1-2-37-25-16-20(8-9-24(25)38-18-26(35)29-12-10-19-6-4-3-5-7-19)27-30-13-11-21(32-27)22-17-23-28(36)31-14-15-34(23)33-22/h3-9,11,13,16-17H,2,10,12,14-15,18H2,1H3,(H,29,35)(H,31,36). The largest absolute Gasteiger partial charge is 0.490 e. The summed E-state index contributed by atoms with van der Waals surface area (Å²) in [6, 6.07) is 18.8. The first-order valence-corrected chi connectivity index (χ1v) is 12.5. The first kappa shape index (κ1) is 24.9. The van der Waals surface area contributed by atoms with Crippen LogP contribution in [0.5, 0.6) is 11.5 Å². The van der Waals surface area contributed by atoms with Crippen LogP contribution >= 0.6 is 0 Å². The molecule has 1 aliphatic rings. The lowest BCUT2D eigenvalue weighted by molar-refractivity contribution is -0.123. The number of carbonyl (C=O) groups is 2. The number of carbonyl (C=O) groups excluding carboxylic acids is 2. The Morgan fingerprint density at radius 1 is 1.05 bits per heavy atom. The molecule has 4 aromatic rings. The summed E-state index contributed by atoms with van der Waals surface area (Å²) in [7, 11) is 0. The van der Waals surface area contributed by atoms with Crippen molar-refractivity contribution in [3.63, 3.8) is 0 Å². The molecule has 0 bridgehead atoms. The molecule has 0 spiro atoms. The van der Waals surface area contributed by atoms with E-state index < -0.39 is 0 Å². The van der Waals surface area contributed by atoms with Crippen molar-refractivity contribution in [2.45, 2.75) is 19.9 Å². The molecule has 0 radical (unpaired) electrons. The highest BCUT2D eigenvalue weighted by Gasteiger charge is 2.21. The van der Waals surface area contributed by atoms with Crippen molar-refractivity contribution in [3.05, 3.63) is 78.1 Å². The van der Waals surface area contributed by atoms with Gasteiger partial charge in [-0.1, -0.05) is 30.3 Å². The summed E-state index contributed by atoms with van der Waals surface area (Å²) in [5.74, 6) is 1.07. The van der Waals surface area contributed by atoms with Crippen LogP contribution in [0.4, 0.5) is 0 Å². The van der Waals surface area contributed by atoms with Crippen molar-refractivity contribution < 1.29 is 19.1 Å². The number of hydrogen-bond acceptors (Lipinski definition) is 7. The molecule has 0 atom stereocenters. The Morgan fingerprint density at radius 2 is 1.92 bits per heavy atom. The van der Waals surface area contributed by atoms with E-state index >= 15 is 0 Å². The van der Waals surface area contributed by atoms with E-state index in [9.17, 15) is 9.59 Å². The van der Waals surface area contributed by atoms with Gasteiger partial charge in [-0.25, -0.2) is 9.97 Å². The van der Waals surface area contributed by atoms with Crippen LogP contribution in [0.3, 0.4) is 0 Å². The maximum atomic E-state index is 12.3. The molecule has 3 heterocycles. The zero-order valence-electron chi connectivity index (χ0n) is 21.0. The van der Waals surface area contributed by atoms with Crippen molar-refractivity contribution in [2.24, 2.45) is 0 Å². The highest BCUT2D eigenvalue weighted by Crippen LogP contribution is 2.32. The molecular formula is C28H28N6O4. The van der Waals surface area contributed by atoms with E-state index in [1.807, 2.05) is 43.3 Å². The molecule has 10 heteroatoms. The van der Waals surface area contributed by atoms with Gasteiger partial charge in [-0.2, -0.15) is 5.10 Å². The van der Waals surface area contributed by atoms with Crippen molar-refractivity contribution in [3.8, 4) is 34.3 Å². The van der Waals surface area contributed by atoms with Crippen LogP contribution in [0.2, 0.25) is 0 Å². The maximum Gasteiger partial charge on any atom is 0.269 e. The van der Waals surface area contributed by atoms with E-state index in [2.05, 4.69) is 25.7 Å². The molecular weight excluding hydrogens is 484 g/mol. The molecule has 0 fully saturated rings. The van der Waals surface area contributed by atoms with Crippen molar-refractivity contribution in [1.29, 1.82) is 0 Å². The fourth-order valence-corrected chi connectivity index (χ4v) is 4.12. The number of rotatable bonds is 10. The predicted molar refractivity (Wildman–Crippen MR) is 141 cm³/mol. The Kier molecular flexibility index (Phi) is 7.58. The average Bonchev–Trinajstić information content (AvgIpc) is 3.39. The van der Waals surface area contributed by atoms with Crippen molar-refractivity contribution in [1.82, 2.24) is 30.4 Å². The zero-order valence-corrected chi connectivity index (χ0v) is 21.0. The Labute approximate surface area is 220 Å². The smallest absolute Gasteiger partial charge is 0.269 e. The molecule has 2 aromatic carbocycles. The van der Waals surface area contributed by atoms with Gasteiger partial charge in [0.1, 0.15) is 11.4 Å². The average molecular weight is 513 g/mol. The molecule has 1 aliphatic heterocycles. The van der Waals surface area contributed by atoms with E-state index in [0.29, 0.717) is 60.6 Å². The highest BCUT2D eigenvalue weighted by atomic mass is 16.5. The summed E-state index contributed by atoms with van der Waals surface area (Å²) in [5.41, 5.74) is 3.60. The van der Waals surface area contributed by atoms with Gasteiger partial charge in [0, 0.05) is 24.8 Å². The zero-order chi connectivity index (χ0) is 26.3. The van der Waals surface area contributed by atoms with Gasteiger partial charge in [0.05, 0.1) is 18.8 Å². The fraction of sp³-hybridized carbons (Fsp3) is 0.250. The molecule has 0 aliphatic carbocycles. The highest BCUT2D eigenvalue weighted by molar-refractivity contribution is 5.94. The van der Waals surface area contributed by atoms with Gasteiger partial charge in [-0.3, -0.25) is 14.3 Å². The van der Waals surface area contributed by atoms with E-state index in [1.165, 1.54) is 0 Å². The van der Waals surface area contributed by atoms with Gasteiger partial charge in [-0.15, -0.1) is 0 Å². The summed E-state index contributed by atoms with van der Waals surface area (Å²) in [5, 5.41) is 10.2. The van der Waals surface area contributed by atoms with Gasteiger partial charge in [-0.05, 0) is 49.2 Å². The second kappa shape index (κ2) is 11.5. The predicted octanol–water partition coefficient (Wildman–Crippen LogP) is 2.89. The minimum atomic E-state index is -0.208. The van der Waals surface area contributed by atoms with Gasteiger partial charge in [0.25, 0.3) is 11.8 Å². The monoisotopic (exact) mass is 512 g/mol. The molecule has 0 saturated carbocycles. The number of amides is 2. The van der Waals surface area contributed by atoms with Crippen LogP contribution in [0.25, 0.3) is 22.8 Å². The first-order chi connectivity index (χ1) is 18.6. The summed E-state index contributed by atoms with van der Waals surface area (Å²) in [4.78, 5) is 33.5. The number of benzene rings is 2. The minimum absolute atomic E-state index is 0.126. The summed E-state index contributed by atoms with van der Waals surface area (Å²) in [6.45, 7) is 3.86. The molecule has 2 aromatic heterocycles. The van der Waals surface area contributed by atoms with Crippen molar-refractivity contribution in [2.75, 3.05) is 26.3 Å². The molecule has 10 nitrogen and oxygen atoms in total. The quantitative estimate of drug-likeness (QED) is 0.335.